The van der Waals surface area contributed by atoms with Gasteiger partial charge in [0, 0.05) is 28.4 Å². The van der Waals surface area contributed by atoms with Crippen molar-refractivity contribution in [3.05, 3.63) is 68.7 Å². The van der Waals surface area contributed by atoms with Crippen molar-refractivity contribution in [1.29, 1.82) is 0 Å². The normalized spacial score (nSPS) is 13.4. The van der Waals surface area contributed by atoms with E-state index in [9.17, 15) is 19.7 Å². The van der Waals surface area contributed by atoms with Crippen molar-refractivity contribution >= 4 is 40.9 Å². The lowest BCUT2D eigenvalue weighted by Crippen LogP contribution is -2.31. The van der Waals surface area contributed by atoms with E-state index in [1.54, 1.807) is 24.3 Å². The third-order valence-corrected chi connectivity index (χ3v) is 4.16. The Hall–Kier alpha value is -3.39. The molecule has 0 radical (unpaired) electrons. The summed E-state index contributed by atoms with van der Waals surface area (Å²) in [6.45, 7) is 1.41. The van der Waals surface area contributed by atoms with E-state index in [0.29, 0.717) is 16.3 Å². The van der Waals surface area contributed by atoms with Crippen LogP contribution in [0.4, 0.5) is 11.4 Å². The minimum Gasteiger partial charge on any atom is -0.488 e. The van der Waals surface area contributed by atoms with Gasteiger partial charge in [-0.05, 0) is 37.3 Å². The number of esters is 1. The minimum absolute atomic E-state index is 0.00663. The molecule has 0 saturated heterocycles. The summed E-state index contributed by atoms with van der Waals surface area (Å²) in [6.07, 6.45) is 0.478. The highest BCUT2D eigenvalue weighted by atomic mass is 35.5. The average Bonchev–Trinajstić information content (AvgIpc) is 2.67. The predicted octanol–water partition coefficient (Wildman–Crippen LogP) is 3.59. The van der Waals surface area contributed by atoms with Crippen LogP contribution in [-0.4, -0.2) is 29.5 Å². The molecule has 3 rings (SSSR count). The highest BCUT2D eigenvalue weighted by Gasteiger charge is 2.24. The Bertz CT molecular complexity index is 988. The first-order valence-electron chi connectivity index (χ1n) is 8.22. The number of halogens is 1. The van der Waals surface area contributed by atoms with Gasteiger partial charge in [0.05, 0.1) is 10.5 Å². The number of ether oxygens (including phenoxy) is 2. The third kappa shape index (κ3) is 4.47. The number of fused-ring (bicyclic) bond motifs is 1. The van der Waals surface area contributed by atoms with Crippen molar-refractivity contribution in [3.8, 4) is 5.75 Å². The summed E-state index contributed by atoms with van der Waals surface area (Å²) in [5, 5.41) is 13.8. The number of nitro benzene ring substituents is 1. The zero-order chi connectivity index (χ0) is 20.3. The van der Waals surface area contributed by atoms with Crippen molar-refractivity contribution in [2.24, 2.45) is 0 Å². The van der Waals surface area contributed by atoms with Gasteiger partial charge in [-0.25, -0.2) is 4.79 Å². The summed E-state index contributed by atoms with van der Waals surface area (Å²) in [5.41, 5.74) is 0.944. The van der Waals surface area contributed by atoms with Crippen LogP contribution in [0.1, 0.15) is 12.5 Å². The van der Waals surface area contributed by atoms with Gasteiger partial charge in [-0.3, -0.25) is 14.9 Å². The molecule has 1 atom stereocenters. The molecule has 0 aliphatic carbocycles. The van der Waals surface area contributed by atoms with Crippen LogP contribution >= 0.6 is 11.6 Å². The maximum absolute atomic E-state index is 12.3. The molecule has 1 N–H and O–H groups in total. The zero-order valence-electron chi connectivity index (χ0n) is 14.7. The number of non-ortho nitro benzene ring substituents is 1. The Morgan fingerprint density at radius 3 is 2.82 bits per heavy atom. The molecular weight excluding hydrogens is 388 g/mol. The highest BCUT2D eigenvalue weighted by Crippen LogP contribution is 2.29. The lowest BCUT2D eigenvalue weighted by atomic mass is 10.1. The highest BCUT2D eigenvalue weighted by molar-refractivity contribution is 6.30. The number of benzene rings is 2. The molecule has 1 heterocycles. The Labute approximate surface area is 164 Å². The largest absolute Gasteiger partial charge is 0.488 e. The van der Waals surface area contributed by atoms with Crippen molar-refractivity contribution in [1.82, 2.24) is 0 Å². The van der Waals surface area contributed by atoms with Gasteiger partial charge in [0.15, 0.2) is 6.10 Å². The molecule has 1 aliphatic heterocycles. The Morgan fingerprint density at radius 2 is 2.07 bits per heavy atom. The van der Waals surface area contributed by atoms with E-state index in [4.69, 9.17) is 21.1 Å². The fraction of sp³-hybridized carbons (Fsp3) is 0.158. The number of anilines is 1. The van der Waals surface area contributed by atoms with Gasteiger partial charge >= 0.3 is 5.97 Å². The second-order valence-corrected chi connectivity index (χ2v) is 6.42. The summed E-state index contributed by atoms with van der Waals surface area (Å²) in [5.74, 6) is -0.723. The summed E-state index contributed by atoms with van der Waals surface area (Å²) in [6, 6.07) is 10.5. The van der Waals surface area contributed by atoms with Gasteiger partial charge in [-0.2, -0.15) is 0 Å². The topological polar surface area (TPSA) is 108 Å². The number of nitro groups is 1. The van der Waals surface area contributed by atoms with Crippen LogP contribution in [-0.2, 0) is 14.3 Å². The number of carbonyl (C=O) groups excluding carboxylic acids is 2. The number of nitrogens with one attached hydrogen (secondary N) is 1. The average molecular weight is 403 g/mol. The lowest BCUT2D eigenvalue weighted by molar-refractivity contribution is -0.384. The number of amides is 1. The van der Waals surface area contributed by atoms with Gasteiger partial charge in [0.1, 0.15) is 12.4 Å². The smallest absolute Gasteiger partial charge is 0.338 e. The molecule has 0 saturated carbocycles. The first-order chi connectivity index (χ1) is 13.3. The van der Waals surface area contributed by atoms with Crippen LogP contribution in [0.25, 0.3) is 6.08 Å². The van der Waals surface area contributed by atoms with Gasteiger partial charge in [0.2, 0.25) is 0 Å². The number of nitrogens with zero attached hydrogens (tertiary/aromatic N) is 1. The van der Waals surface area contributed by atoms with E-state index in [1.165, 1.54) is 31.2 Å². The van der Waals surface area contributed by atoms with Crippen LogP contribution in [0.15, 0.2) is 48.0 Å². The van der Waals surface area contributed by atoms with Crippen molar-refractivity contribution in [3.63, 3.8) is 0 Å². The van der Waals surface area contributed by atoms with Crippen molar-refractivity contribution in [2.75, 3.05) is 11.9 Å². The van der Waals surface area contributed by atoms with Crippen LogP contribution in [0.2, 0.25) is 5.02 Å². The standard InChI is InChI=1S/C19H15ClN2O6/c1-11(18(23)21-15-3-2-4-16(9-15)22(25)26)28-19(24)13-7-12-8-14(20)5-6-17(12)27-10-13/h2-9,11H,10H2,1H3,(H,21,23). The Kier molecular flexibility index (Phi) is 5.60. The Balaban J connectivity index is 1.65. The molecule has 0 aromatic heterocycles. The molecule has 28 heavy (non-hydrogen) atoms. The molecule has 8 nitrogen and oxygen atoms in total. The quantitative estimate of drug-likeness (QED) is 0.465. The molecule has 9 heteroatoms. The van der Waals surface area contributed by atoms with E-state index < -0.39 is 22.9 Å². The molecule has 0 spiro atoms. The van der Waals surface area contributed by atoms with Crippen LogP contribution in [0, 0.1) is 10.1 Å². The number of rotatable bonds is 5. The molecule has 2 aromatic rings. The lowest BCUT2D eigenvalue weighted by Gasteiger charge is -2.19. The maximum Gasteiger partial charge on any atom is 0.338 e. The third-order valence-electron chi connectivity index (χ3n) is 3.92. The molecule has 2 aromatic carbocycles. The molecule has 1 unspecified atom stereocenters. The molecule has 1 aliphatic rings. The van der Waals surface area contributed by atoms with Gasteiger partial charge in [-0.15, -0.1) is 0 Å². The van der Waals surface area contributed by atoms with Crippen molar-refractivity contribution < 1.29 is 24.0 Å². The zero-order valence-corrected chi connectivity index (χ0v) is 15.4. The van der Waals surface area contributed by atoms with E-state index in [2.05, 4.69) is 5.32 Å². The minimum atomic E-state index is -1.12. The fourth-order valence-electron chi connectivity index (χ4n) is 2.50. The van der Waals surface area contributed by atoms with E-state index >= 15 is 0 Å². The molecule has 0 bridgehead atoms. The van der Waals surface area contributed by atoms with E-state index in [1.807, 2.05) is 0 Å². The Morgan fingerprint density at radius 1 is 1.29 bits per heavy atom. The molecule has 144 valence electrons. The van der Waals surface area contributed by atoms with Crippen LogP contribution < -0.4 is 10.1 Å². The summed E-state index contributed by atoms with van der Waals surface area (Å²) >= 11 is 5.94. The van der Waals surface area contributed by atoms with Crippen LogP contribution in [0.3, 0.4) is 0 Å². The SMILES string of the molecule is CC(OC(=O)C1=Cc2cc(Cl)ccc2OC1)C(=O)Nc1cccc([N+](=O)[O-])c1. The first-order valence-corrected chi connectivity index (χ1v) is 8.60. The molecular formula is C19H15ClN2O6. The van der Waals surface area contributed by atoms with E-state index in [-0.39, 0.29) is 23.6 Å². The van der Waals surface area contributed by atoms with Gasteiger partial charge in [-0.1, -0.05) is 17.7 Å². The summed E-state index contributed by atoms with van der Waals surface area (Å²) in [7, 11) is 0. The second kappa shape index (κ2) is 8.10. The second-order valence-electron chi connectivity index (χ2n) is 5.98. The number of hydrogen-bond donors (Lipinski definition) is 1. The van der Waals surface area contributed by atoms with Gasteiger partial charge in [0.25, 0.3) is 11.6 Å². The van der Waals surface area contributed by atoms with Gasteiger partial charge < -0.3 is 14.8 Å². The number of hydrogen-bond acceptors (Lipinski definition) is 6. The van der Waals surface area contributed by atoms with Crippen LogP contribution in [0.5, 0.6) is 5.75 Å². The van der Waals surface area contributed by atoms with E-state index in [0.717, 1.165) is 0 Å². The maximum atomic E-state index is 12.3. The molecule has 0 fully saturated rings. The van der Waals surface area contributed by atoms with Crippen molar-refractivity contribution in [2.45, 2.75) is 13.0 Å². The number of carbonyl (C=O) groups is 2. The summed E-state index contributed by atoms with van der Waals surface area (Å²) in [4.78, 5) is 34.8. The fourth-order valence-corrected chi connectivity index (χ4v) is 2.68. The summed E-state index contributed by atoms with van der Waals surface area (Å²) < 4.78 is 10.7. The monoisotopic (exact) mass is 402 g/mol. The molecule has 1 amide bonds. The predicted molar refractivity (Wildman–Crippen MR) is 102 cm³/mol. The first kappa shape index (κ1) is 19.4.